The van der Waals surface area contributed by atoms with Crippen molar-refractivity contribution in [3.63, 3.8) is 0 Å². The van der Waals surface area contributed by atoms with Gasteiger partial charge in [0.25, 0.3) is 0 Å². The van der Waals surface area contributed by atoms with E-state index in [9.17, 15) is 8.42 Å². The molecule has 0 aromatic heterocycles. The number of benzene rings is 1. The Balaban J connectivity index is 2.18. The molecule has 0 saturated carbocycles. The average molecular weight is 284 g/mol. The molecule has 19 heavy (non-hydrogen) atoms. The van der Waals surface area contributed by atoms with E-state index in [1.807, 2.05) is 0 Å². The van der Waals surface area contributed by atoms with E-state index in [0.717, 1.165) is 31.2 Å². The van der Waals surface area contributed by atoms with Crippen molar-refractivity contribution in [1.29, 1.82) is 0 Å². The number of nitrogens with zero attached hydrogens (tertiary/aromatic N) is 1. The number of hydrogen-bond acceptors (Lipinski definition) is 4. The minimum atomic E-state index is -3.36. The molecule has 1 heterocycles. The van der Waals surface area contributed by atoms with Crippen LogP contribution in [0.15, 0.2) is 29.2 Å². The van der Waals surface area contributed by atoms with E-state index in [2.05, 4.69) is 4.84 Å². The largest absolute Gasteiger partial charge is 0.300 e. The SMILES string of the molecule is NOCc1ccc(S(=O)(=O)N2CCCCCC2)cc1. The van der Waals surface area contributed by atoms with Gasteiger partial charge in [0, 0.05) is 13.1 Å². The van der Waals surface area contributed by atoms with Crippen LogP contribution in [0.5, 0.6) is 0 Å². The molecule has 0 spiro atoms. The summed E-state index contributed by atoms with van der Waals surface area (Å²) in [6, 6.07) is 6.71. The Morgan fingerprint density at radius 3 is 2.16 bits per heavy atom. The van der Waals surface area contributed by atoms with Gasteiger partial charge in [-0.25, -0.2) is 14.3 Å². The van der Waals surface area contributed by atoms with Crippen LogP contribution in [0, 0.1) is 0 Å². The van der Waals surface area contributed by atoms with Crippen molar-refractivity contribution in [3.05, 3.63) is 29.8 Å². The van der Waals surface area contributed by atoms with Crippen molar-refractivity contribution in [3.8, 4) is 0 Å². The van der Waals surface area contributed by atoms with Crippen LogP contribution in [0.4, 0.5) is 0 Å². The molecule has 0 aliphatic carbocycles. The van der Waals surface area contributed by atoms with Gasteiger partial charge in [-0.2, -0.15) is 4.31 Å². The van der Waals surface area contributed by atoms with Gasteiger partial charge in [0.05, 0.1) is 11.5 Å². The fourth-order valence-electron chi connectivity index (χ4n) is 2.28. The molecule has 0 radical (unpaired) electrons. The number of sulfonamides is 1. The summed E-state index contributed by atoms with van der Waals surface area (Å²) >= 11 is 0. The summed E-state index contributed by atoms with van der Waals surface area (Å²) in [5.41, 5.74) is 0.859. The molecule has 1 aliphatic rings. The predicted octanol–water partition coefficient (Wildman–Crippen LogP) is 1.64. The quantitative estimate of drug-likeness (QED) is 0.853. The molecule has 0 atom stereocenters. The second kappa shape index (κ2) is 6.47. The molecule has 6 heteroatoms. The Labute approximate surface area is 114 Å². The van der Waals surface area contributed by atoms with E-state index in [1.165, 1.54) is 0 Å². The summed E-state index contributed by atoms with van der Waals surface area (Å²) in [7, 11) is -3.36. The van der Waals surface area contributed by atoms with Crippen molar-refractivity contribution >= 4 is 10.0 Å². The lowest BCUT2D eigenvalue weighted by Gasteiger charge is -2.20. The van der Waals surface area contributed by atoms with Crippen molar-refractivity contribution < 1.29 is 13.3 Å². The molecular weight excluding hydrogens is 264 g/mol. The zero-order valence-electron chi connectivity index (χ0n) is 10.9. The summed E-state index contributed by atoms with van der Waals surface area (Å²) in [5, 5.41) is 0. The van der Waals surface area contributed by atoms with Crippen LogP contribution in [-0.4, -0.2) is 25.8 Å². The predicted molar refractivity (Wildman–Crippen MR) is 72.6 cm³/mol. The maximum Gasteiger partial charge on any atom is 0.243 e. The van der Waals surface area contributed by atoms with Gasteiger partial charge < -0.3 is 0 Å². The third kappa shape index (κ3) is 3.54. The van der Waals surface area contributed by atoms with Gasteiger partial charge >= 0.3 is 0 Å². The Hall–Kier alpha value is -0.950. The lowest BCUT2D eigenvalue weighted by molar-refractivity contribution is 0.124. The Bertz CT molecular complexity index is 491. The molecule has 5 nitrogen and oxygen atoms in total. The fourth-order valence-corrected chi connectivity index (χ4v) is 3.80. The lowest BCUT2D eigenvalue weighted by atomic mass is 10.2. The van der Waals surface area contributed by atoms with Gasteiger partial charge in [0.15, 0.2) is 0 Å². The summed E-state index contributed by atoms with van der Waals surface area (Å²) in [4.78, 5) is 4.87. The molecule has 1 aliphatic heterocycles. The molecule has 0 amide bonds. The highest BCUT2D eigenvalue weighted by Crippen LogP contribution is 2.20. The average Bonchev–Trinajstić information content (AvgIpc) is 2.69. The van der Waals surface area contributed by atoms with Crippen molar-refractivity contribution in [2.24, 2.45) is 5.90 Å². The minimum Gasteiger partial charge on any atom is -0.300 e. The highest BCUT2D eigenvalue weighted by atomic mass is 32.2. The Kier molecular flexibility index (Phi) is 4.93. The Morgan fingerprint density at radius 1 is 1.05 bits per heavy atom. The second-order valence-corrected chi connectivity index (χ2v) is 6.71. The molecule has 1 fully saturated rings. The minimum absolute atomic E-state index is 0.282. The molecule has 2 rings (SSSR count). The van der Waals surface area contributed by atoms with Crippen LogP contribution in [0.1, 0.15) is 31.2 Å². The van der Waals surface area contributed by atoms with Crippen LogP contribution >= 0.6 is 0 Å². The highest BCUT2D eigenvalue weighted by Gasteiger charge is 2.24. The monoisotopic (exact) mass is 284 g/mol. The van der Waals surface area contributed by atoms with E-state index >= 15 is 0 Å². The van der Waals surface area contributed by atoms with Gasteiger partial charge in [-0.3, -0.25) is 4.84 Å². The summed E-state index contributed by atoms with van der Waals surface area (Å²) in [6.07, 6.45) is 4.11. The molecule has 0 bridgehead atoms. The first-order chi connectivity index (χ1) is 9.14. The van der Waals surface area contributed by atoms with Gasteiger partial charge in [-0.05, 0) is 30.5 Å². The zero-order chi connectivity index (χ0) is 13.7. The van der Waals surface area contributed by atoms with Crippen molar-refractivity contribution in [1.82, 2.24) is 4.31 Å². The lowest BCUT2D eigenvalue weighted by Crippen LogP contribution is -2.31. The first-order valence-corrected chi connectivity index (χ1v) is 7.99. The van der Waals surface area contributed by atoms with Crippen LogP contribution in [0.3, 0.4) is 0 Å². The third-order valence-corrected chi connectivity index (χ3v) is 5.29. The summed E-state index contributed by atoms with van der Waals surface area (Å²) in [6.45, 7) is 1.52. The number of hydrogen-bond donors (Lipinski definition) is 1. The van der Waals surface area contributed by atoms with E-state index in [0.29, 0.717) is 18.0 Å². The number of rotatable bonds is 4. The Morgan fingerprint density at radius 2 is 1.63 bits per heavy atom. The molecule has 1 saturated heterocycles. The maximum atomic E-state index is 12.5. The van der Waals surface area contributed by atoms with E-state index in [-0.39, 0.29) is 6.61 Å². The van der Waals surface area contributed by atoms with Gasteiger partial charge in [0.1, 0.15) is 0 Å². The van der Waals surface area contributed by atoms with Gasteiger partial charge in [-0.1, -0.05) is 25.0 Å². The molecule has 1 aromatic rings. The van der Waals surface area contributed by atoms with Crippen LogP contribution in [0.25, 0.3) is 0 Å². The first-order valence-electron chi connectivity index (χ1n) is 6.55. The third-order valence-electron chi connectivity index (χ3n) is 3.38. The molecular formula is C13H20N2O3S. The molecule has 0 unspecified atom stereocenters. The van der Waals surface area contributed by atoms with E-state index in [4.69, 9.17) is 5.90 Å². The van der Waals surface area contributed by atoms with Gasteiger partial charge in [-0.15, -0.1) is 0 Å². The second-order valence-electron chi connectivity index (χ2n) is 4.77. The van der Waals surface area contributed by atoms with Crippen LogP contribution in [0.2, 0.25) is 0 Å². The van der Waals surface area contributed by atoms with Crippen LogP contribution in [-0.2, 0) is 21.5 Å². The standard InChI is InChI=1S/C13H20N2O3S/c14-18-11-12-5-7-13(8-6-12)19(16,17)15-9-3-1-2-4-10-15/h5-8H,1-4,9-11,14H2. The number of nitrogens with two attached hydrogens (primary N) is 1. The molecule has 2 N–H and O–H groups in total. The van der Waals surface area contributed by atoms with Crippen molar-refractivity contribution in [2.45, 2.75) is 37.2 Å². The van der Waals surface area contributed by atoms with Gasteiger partial charge in [0.2, 0.25) is 10.0 Å². The first kappa shape index (κ1) is 14.5. The normalized spacial score (nSPS) is 18.2. The van der Waals surface area contributed by atoms with E-state index < -0.39 is 10.0 Å². The van der Waals surface area contributed by atoms with E-state index in [1.54, 1.807) is 28.6 Å². The zero-order valence-corrected chi connectivity index (χ0v) is 11.7. The highest BCUT2D eigenvalue weighted by molar-refractivity contribution is 7.89. The summed E-state index contributed by atoms with van der Waals surface area (Å²) < 4.78 is 26.6. The van der Waals surface area contributed by atoms with Crippen molar-refractivity contribution in [2.75, 3.05) is 13.1 Å². The molecule has 106 valence electrons. The molecule has 1 aromatic carbocycles. The fraction of sp³-hybridized carbons (Fsp3) is 0.538. The van der Waals surface area contributed by atoms with Crippen LogP contribution < -0.4 is 5.90 Å². The maximum absolute atomic E-state index is 12.5. The summed E-state index contributed by atoms with van der Waals surface area (Å²) in [5.74, 6) is 4.99. The smallest absolute Gasteiger partial charge is 0.243 e. The topological polar surface area (TPSA) is 72.6 Å².